The van der Waals surface area contributed by atoms with Crippen LogP contribution < -0.4 is 10.1 Å². The molecule has 0 aliphatic carbocycles. The largest absolute Gasteiger partial charge is 0.487 e. The molecule has 164 valence electrons. The van der Waals surface area contributed by atoms with Gasteiger partial charge >= 0.3 is 0 Å². The van der Waals surface area contributed by atoms with Crippen LogP contribution in [0, 0.1) is 6.92 Å². The molecule has 0 aliphatic heterocycles. The zero-order valence-electron chi connectivity index (χ0n) is 17.8. The van der Waals surface area contributed by atoms with Crippen molar-refractivity contribution in [2.24, 2.45) is 0 Å². The number of aryl methyl sites for hydroxylation is 1. The molecule has 5 aromatic rings. The lowest BCUT2D eigenvalue weighted by Crippen LogP contribution is -2.07. The Kier molecular flexibility index (Phi) is 6.01. The van der Waals surface area contributed by atoms with Gasteiger partial charge in [-0.2, -0.15) is 0 Å². The quantitative estimate of drug-likeness (QED) is 0.292. The monoisotopic (exact) mass is 472 g/mol. The fourth-order valence-corrected chi connectivity index (χ4v) is 4.58. The van der Waals surface area contributed by atoms with Crippen molar-refractivity contribution in [2.45, 2.75) is 13.5 Å². The van der Waals surface area contributed by atoms with E-state index in [1.165, 1.54) is 6.08 Å². The summed E-state index contributed by atoms with van der Waals surface area (Å²) in [6.45, 7) is 2.39. The molecule has 8 heteroatoms. The van der Waals surface area contributed by atoms with Gasteiger partial charge in [0.25, 0.3) is 0 Å². The third-order valence-electron chi connectivity index (χ3n) is 4.88. The third kappa shape index (κ3) is 5.19. The smallest absolute Gasteiger partial charge is 0.248 e. The van der Waals surface area contributed by atoms with Gasteiger partial charge in [-0.3, -0.25) is 9.20 Å². The third-order valence-corrected chi connectivity index (χ3v) is 6.47. The molecule has 0 saturated carbocycles. The number of carbonyl (C=O) groups excluding carboxylic acids is 1. The van der Waals surface area contributed by atoms with E-state index >= 15 is 0 Å². The Hall–Kier alpha value is -3.75. The van der Waals surface area contributed by atoms with Gasteiger partial charge in [-0.25, -0.2) is 9.97 Å². The van der Waals surface area contributed by atoms with E-state index in [-0.39, 0.29) is 5.91 Å². The molecule has 3 heterocycles. The highest BCUT2D eigenvalue weighted by molar-refractivity contribution is 7.15. The van der Waals surface area contributed by atoms with E-state index in [1.54, 1.807) is 28.7 Å². The molecule has 6 nitrogen and oxygen atoms in total. The van der Waals surface area contributed by atoms with E-state index in [0.717, 1.165) is 43.9 Å². The number of hydrogen-bond acceptors (Lipinski definition) is 6. The standard InChI is InChI=1S/C25H20N4O2S2/c1-17-26-21(16-33-17)15-31-22-4-2-3-18(13-22)5-10-24(30)27-20-8-6-19(7-9-20)23-14-29-11-12-32-25(29)28-23/h2-14,16H,15H2,1H3,(H,27,30)/b10-5+. The van der Waals surface area contributed by atoms with E-state index in [9.17, 15) is 4.79 Å². The lowest BCUT2D eigenvalue weighted by Gasteiger charge is -2.05. The summed E-state index contributed by atoms with van der Waals surface area (Å²) in [6.07, 6.45) is 7.26. The van der Waals surface area contributed by atoms with E-state index in [2.05, 4.69) is 15.3 Å². The van der Waals surface area contributed by atoms with Crippen molar-refractivity contribution in [2.75, 3.05) is 5.32 Å². The normalized spacial score (nSPS) is 11.3. The van der Waals surface area contributed by atoms with Crippen molar-refractivity contribution in [3.05, 3.63) is 94.0 Å². The van der Waals surface area contributed by atoms with Gasteiger partial charge in [-0.15, -0.1) is 22.7 Å². The second-order valence-corrected chi connectivity index (χ2v) is 9.27. The maximum absolute atomic E-state index is 12.4. The summed E-state index contributed by atoms with van der Waals surface area (Å²) in [7, 11) is 0. The minimum atomic E-state index is -0.200. The maximum atomic E-state index is 12.4. The lowest BCUT2D eigenvalue weighted by molar-refractivity contribution is -0.111. The zero-order chi connectivity index (χ0) is 22.6. The van der Waals surface area contributed by atoms with Gasteiger partial charge < -0.3 is 10.1 Å². The van der Waals surface area contributed by atoms with Gasteiger partial charge in [0.15, 0.2) is 4.96 Å². The number of nitrogens with one attached hydrogen (secondary N) is 1. The number of benzene rings is 2. The first-order valence-electron chi connectivity index (χ1n) is 10.3. The predicted octanol–water partition coefficient (Wildman–Crippen LogP) is 6.06. The van der Waals surface area contributed by atoms with Crippen LogP contribution in [-0.4, -0.2) is 20.3 Å². The number of amides is 1. The Labute approximate surface area is 198 Å². The first-order valence-corrected chi connectivity index (χ1v) is 12.0. The molecule has 0 bridgehead atoms. The van der Waals surface area contributed by atoms with Gasteiger partial charge in [0.05, 0.1) is 16.4 Å². The average Bonchev–Trinajstić information content (AvgIpc) is 3.54. The van der Waals surface area contributed by atoms with Gasteiger partial charge in [0.2, 0.25) is 5.91 Å². The Morgan fingerprint density at radius 2 is 2.03 bits per heavy atom. The molecular weight excluding hydrogens is 452 g/mol. The van der Waals surface area contributed by atoms with Gasteiger partial charge in [0.1, 0.15) is 12.4 Å². The van der Waals surface area contributed by atoms with Gasteiger partial charge in [0, 0.05) is 40.5 Å². The van der Waals surface area contributed by atoms with Crippen molar-refractivity contribution >= 4 is 45.3 Å². The first-order chi connectivity index (χ1) is 16.1. The summed E-state index contributed by atoms with van der Waals surface area (Å²) in [4.78, 5) is 22.3. The van der Waals surface area contributed by atoms with Crippen LogP contribution in [-0.2, 0) is 11.4 Å². The molecule has 3 aromatic heterocycles. The summed E-state index contributed by atoms with van der Waals surface area (Å²) in [5.41, 5.74) is 4.43. The number of fused-ring (bicyclic) bond motifs is 1. The molecule has 1 amide bonds. The molecule has 0 radical (unpaired) electrons. The molecule has 1 N–H and O–H groups in total. The molecule has 5 rings (SSSR count). The van der Waals surface area contributed by atoms with E-state index in [4.69, 9.17) is 4.74 Å². The minimum absolute atomic E-state index is 0.200. The summed E-state index contributed by atoms with van der Waals surface area (Å²) in [5, 5.41) is 7.91. The second-order valence-electron chi connectivity index (χ2n) is 7.34. The number of hydrogen-bond donors (Lipinski definition) is 1. The van der Waals surface area contributed by atoms with Crippen LogP contribution in [0.15, 0.2) is 77.8 Å². The van der Waals surface area contributed by atoms with Crippen LogP contribution >= 0.6 is 22.7 Å². The van der Waals surface area contributed by atoms with Crippen molar-refractivity contribution in [3.8, 4) is 17.0 Å². The zero-order valence-corrected chi connectivity index (χ0v) is 19.4. The van der Waals surface area contributed by atoms with Gasteiger partial charge in [-0.1, -0.05) is 24.3 Å². The maximum Gasteiger partial charge on any atom is 0.248 e. The fourth-order valence-electron chi connectivity index (χ4n) is 3.29. The van der Waals surface area contributed by atoms with E-state index in [0.29, 0.717) is 6.61 Å². The summed E-state index contributed by atoms with van der Waals surface area (Å²) in [5.74, 6) is 0.535. The van der Waals surface area contributed by atoms with Crippen LogP contribution in [0.4, 0.5) is 5.69 Å². The number of rotatable bonds is 7. The van der Waals surface area contributed by atoms with Crippen LogP contribution in [0.3, 0.4) is 0 Å². The van der Waals surface area contributed by atoms with Crippen molar-refractivity contribution in [3.63, 3.8) is 0 Å². The van der Waals surface area contributed by atoms with E-state index in [1.807, 2.05) is 83.0 Å². The molecule has 0 spiro atoms. The number of carbonyl (C=O) groups is 1. The minimum Gasteiger partial charge on any atom is -0.487 e. The van der Waals surface area contributed by atoms with Crippen molar-refractivity contribution in [1.82, 2.24) is 14.4 Å². The number of thiazole rings is 2. The van der Waals surface area contributed by atoms with Crippen LogP contribution in [0.2, 0.25) is 0 Å². The number of anilines is 1. The van der Waals surface area contributed by atoms with Crippen LogP contribution in [0.1, 0.15) is 16.3 Å². The molecule has 0 unspecified atom stereocenters. The topological polar surface area (TPSA) is 68.5 Å². The Morgan fingerprint density at radius 1 is 1.15 bits per heavy atom. The van der Waals surface area contributed by atoms with Crippen molar-refractivity contribution < 1.29 is 9.53 Å². The SMILES string of the molecule is Cc1nc(COc2cccc(/C=C/C(=O)Nc3ccc(-c4cn5ccsc5n4)cc3)c2)cs1. The molecule has 2 aromatic carbocycles. The number of aromatic nitrogens is 3. The van der Waals surface area contributed by atoms with Crippen molar-refractivity contribution in [1.29, 1.82) is 0 Å². The Bertz CT molecular complexity index is 1400. The van der Waals surface area contributed by atoms with Crippen LogP contribution in [0.25, 0.3) is 22.3 Å². The predicted molar refractivity (Wildman–Crippen MR) is 134 cm³/mol. The first kappa shape index (κ1) is 21.1. The Morgan fingerprint density at radius 3 is 2.82 bits per heavy atom. The Balaban J connectivity index is 1.18. The number of ether oxygens (including phenoxy) is 1. The summed E-state index contributed by atoms with van der Waals surface area (Å²) in [6, 6.07) is 15.3. The summed E-state index contributed by atoms with van der Waals surface area (Å²) >= 11 is 3.20. The second kappa shape index (κ2) is 9.40. The fraction of sp³-hybridized carbons (Fsp3) is 0.0800. The molecule has 0 aliphatic rings. The summed E-state index contributed by atoms with van der Waals surface area (Å²) < 4.78 is 7.81. The number of nitrogens with zero attached hydrogens (tertiary/aromatic N) is 3. The van der Waals surface area contributed by atoms with E-state index < -0.39 is 0 Å². The molecule has 0 saturated heterocycles. The van der Waals surface area contributed by atoms with Crippen LogP contribution in [0.5, 0.6) is 5.75 Å². The molecule has 33 heavy (non-hydrogen) atoms. The van der Waals surface area contributed by atoms with Gasteiger partial charge in [-0.05, 0) is 42.8 Å². The highest BCUT2D eigenvalue weighted by Gasteiger charge is 2.06. The number of imidazole rings is 1. The highest BCUT2D eigenvalue weighted by atomic mass is 32.1. The molecule has 0 fully saturated rings. The average molecular weight is 473 g/mol. The lowest BCUT2D eigenvalue weighted by atomic mass is 10.1. The molecular formula is C25H20N4O2S2. The highest BCUT2D eigenvalue weighted by Crippen LogP contribution is 2.23. The molecule has 0 atom stereocenters.